The molecule has 2 aromatic rings. The fourth-order valence-electron chi connectivity index (χ4n) is 1.91. The maximum Gasteiger partial charge on any atom is 0.387 e. The molecule has 0 saturated carbocycles. The maximum atomic E-state index is 12.4. The number of benzene rings is 1. The Labute approximate surface area is 146 Å². The number of halogens is 3. The molecule has 124 valence electrons. The Morgan fingerprint density at radius 2 is 2.22 bits per heavy atom. The van der Waals surface area contributed by atoms with Gasteiger partial charge >= 0.3 is 6.61 Å². The molecule has 9 heteroatoms. The highest BCUT2D eigenvalue weighted by Gasteiger charge is 2.12. The van der Waals surface area contributed by atoms with Gasteiger partial charge in [-0.25, -0.2) is 0 Å². The number of aryl methyl sites for hydroxylation is 2. The molecule has 2 rings (SSSR count). The number of ether oxygens (including phenoxy) is 1. The van der Waals surface area contributed by atoms with Gasteiger partial charge in [-0.3, -0.25) is 4.68 Å². The standard InChI is InChI=1S/C14H15BrF2N4OS/c1-8-3-4-12(22-13(16)17)10(5-8)20-14(23)18-7-11-9(15)6-19-21(11)2/h3-6,13H,7H2,1-2H3,(H2,18,20,23). The lowest BCUT2D eigenvalue weighted by molar-refractivity contribution is -0.0493. The van der Waals surface area contributed by atoms with Crippen molar-refractivity contribution < 1.29 is 13.5 Å². The second-order valence-corrected chi connectivity index (χ2v) is 6.01. The van der Waals surface area contributed by atoms with Crippen LogP contribution in [0.1, 0.15) is 11.3 Å². The molecule has 2 N–H and O–H groups in total. The van der Waals surface area contributed by atoms with Crippen molar-refractivity contribution in [3.8, 4) is 5.75 Å². The number of anilines is 1. The third-order valence-corrected chi connectivity index (χ3v) is 3.94. The predicted octanol–water partition coefficient (Wildman–Crippen LogP) is 3.58. The topological polar surface area (TPSA) is 51.1 Å². The first kappa shape index (κ1) is 17.6. The van der Waals surface area contributed by atoms with E-state index in [1.54, 1.807) is 23.0 Å². The van der Waals surface area contributed by atoms with Crippen molar-refractivity contribution in [2.75, 3.05) is 5.32 Å². The second kappa shape index (κ2) is 7.69. The fraction of sp³-hybridized carbons (Fsp3) is 0.286. The molecule has 0 aliphatic carbocycles. The molecule has 0 atom stereocenters. The highest BCUT2D eigenvalue weighted by molar-refractivity contribution is 9.10. The van der Waals surface area contributed by atoms with Crippen LogP contribution >= 0.6 is 28.1 Å². The number of rotatable bonds is 5. The molecule has 0 aliphatic rings. The predicted molar refractivity (Wildman–Crippen MR) is 91.8 cm³/mol. The average Bonchev–Trinajstić information content (AvgIpc) is 2.78. The average molecular weight is 405 g/mol. The van der Waals surface area contributed by atoms with E-state index in [2.05, 4.69) is 36.4 Å². The minimum absolute atomic E-state index is 0.0384. The number of alkyl halides is 2. The summed E-state index contributed by atoms with van der Waals surface area (Å²) in [5.74, 6) is 0.0384. The molecular weight excluding hydrogens is 390 g/mol. The molecule has 1 heterocycles. The van der Waals surface area contributed by atoms with Gasteiger partial charge in [0, 0.05) is 7.05 Å². The van der Waals surface area contributed by atoms with Gasteiger partial charge in [0.25, 0.3) is 0 Å². The molecule has 0 fully saturated rings. The van der Waals surface area contributed by atoms with Crippen LogP contribution in [0.4, 0.5) is 14.5 Å². The first-order valence-electron chi connectivity index (χ1n) is 6.63. The highest BCUT2D eigenvalue weighted by atomic mass is 79.9. The van der Waals surface area contributed by atoms with Crippen molar-refractivity contribution in [1.29, 1.82) is 0 Å². The van der Waals surface area contributed by atoms with Crippen molar-refractivity contribution >= 4 is 38.9 Å². The van der Waals surface area contributed by atoms with Gasteiger partial charge in [-0.2, -0.15) is 13.9 Å². The monoisotopic (exact) mass is 404 g/mol. The highest BCUT2D eigenvalue weighted by Crippen LogP contribution is 2.27. The second-order valence-electron chi connectivity index (χ2n) is 4.75. The van der Waals surface area contributed by atoms with Gasteiger partial charge in [0.2, 0.25) is 0 Å². The van der Waals surface area contributed by atoms with E-state index < -0.39 is 6.61 Å². The maximum absolute atomic E-state index is 12.4. The summed E-state index contributed by atoms with van der Waals surface area (Å²) in [7, 11) is 1.81. The van der Waals surface area contributed by atoms with Crippen molar-refractivity contribution in [2.24, 2.45) is 7.05 Å². The number of thiocarbonyl (C=S) groups is 1. The molecule has 0 saturated heterocycles. The quantitative estimate of drug-likeness (QED) is 0.745. The third-order valence-electron chi connectivity index (χ3n) is 3.03. The summed E-state index contributed by atoms with van der Waals surface area (Å²) in [6.45, 7) is -0.620. The molecule has 1 aromatic carbocycles. The van der Waals surface area contributed by atoms with Gasteiger partial charge in [0.15, 0.2) is 5.11 Å². The van der Waals surface area contributed by atoms with Crippen LogP contribution in [0.25, 0.3) is 0 Å². The van der Waals surface area contributed by atoms with E-state index in [1.807, 2.05) is 14.0 Å². The summed E-state index contributed by atoms with van der Waals surface area (Å²) in [5, 5.41) is 10.3. The van der Waals surface area contributed by atoms with Gasteiger partial charge in [0.1, 0.15) is 5.75 Å². The molecule has 23 heavy (non-hydrogen) atoms. The Morgan fingerprint density at radius 3 is 2.83 bits per heavy atom. The Kier molecular flexibility index (Phi) is 5.89. The summed E-state index contributed by atoms with van der Waals surface area (Å²) in [6, 6.07) is 4.85. The van der Waals surface area contributed by atoms with Crippen LogP contribution < -0.4 is 15.4 Å². The molecule has 5 nitrogen and oxygen atoms in total. The lowest BCUT2D eigenvalue weighted by Crippen LogP contribution is -2.29. The van der Waals surface area contributed by atoms with Gasteiger partial charge < -0.3 is 15.4 Å². The fourth-order valence-corrected chi connectivity index (χ4v) is 2.58. The molecule has 0 amide bonds. The van der Waals surface area contributed by atoms with E-state index in [-0.39, 0.29) is 5.75 Å². The SMILES string of the molecule is Cc1ccc(OC(F)F)c(NC(=S)NCc2c(Br)cnn2C)c1. The van der Waals surface area contributed by atoms with Gasteiger partial charge in [-0.15, -0.1) is 0 Å². The van der Waals surface area contributed by atoms with E-state index in [0.717, 1.165) is 15.7 Å². The lowest BCUT2D eigenvalue weighted by atomic mass is 10.2. The Bertz CT molecular complexity index is 689. The van der Waals surface area contributed by atoms with Crippen molar-refractivity contribution in [3.05, 3.63) is 40.1 Å². The number of nitrogens with one attached hydrogen (secondary N) is 2. The van der Waals surface area contributed by atoms with E-state index in [9.17, 15) is 8.78 Å². The van der Waals surface area contributed by atoms with Gasteiger partial charge in [0.05, 0.1) is 28.6 Å². The molecule has 0 unspecified atom stereocenters. The van der Waals surface area contributed by atoms with Crippen molar-refractivity contribution in [1.82, 2.24) is 15.1 Å². The van der Waals surface area contributed by atoms with Crippen molar-refractivity contribution in [3.63, 3.8) is 0 Å². The van der Waals surface area contributed by atoms with Crippen LogP contribution in [0.2, 0.25) is 0 Å². The number of aromatic nitrogens is 2. The Morgan fingerprint density at radius 1 is 1.48 bits per heavy atom. The molecule has 0 spiro atoms. The van der Waals surface area contributed by atoms with Gasteiger partial charge in [-0.05, 0) is 52.8 Å². The van der Waals surface area contributed by atoms with Crippen LogP contribution in [0.15, 0.2) is 28.9 Å². The van der Waals surface area contributed by atoms with E-state index in [1.165, 1.54) is 6.07 Å². The summed E-state index contributed by atoms with van der Waals surface area (Å²) in [4.78, 5) is 0. The molecule has 0 aliphatic heterocycles. The zero-order valence-corrected chi connectivity index (χ0v) is 14.8. The summed E-state index contributed by atoms with van der Waals surface area (Å²) in [5.41, 5.74) is 2.18. The van der Waals surface area contributed by atoms with Crippen molar-refractivity contribution in [2.45, 2.75) is 20.1 Å². The van der Waals surface area contributed by atoms with E-state index in [0.29, 0.717) is 17.3 Å². The van der Waals surface area contributed by atoms with Crippen LogP contribution in [-0.2, 0) is 13.6 Å². The Balaban J connectivity index is 2.03. The smallest absolute Gasteiger partial charge is 0.387 e. The molecule has 1 aromatic heterocycles. The number of hydrogen-bond acceptors (Lipinski definition) is 3. The number of hydrogen-bond donors (Lipinski definition) is 2. The van der Waals surface area contributed by atoms with Crippen LogP contribution in [0.3, 0.4) is 0 Å². The summed E-state index contributed by atoms with van der Waals surface area (Å²) in [6.07, 6.45) is 1.68. The first-order chi connectivity index (χ1) is 10.9. The Hall–Kier alpha value is -1.74. The minimum atomic E-state index is -2.90. The summed E-state index contributed by atoms with van der Waals surface area (Å²) < 4.78 is 31.9. The van der Waals surface area contributed by atoms with Crippen LogP contribution in [0.5, 0.6) is 5.75 Å². The zero-order valence-electron chi connectivity index (χ0n) is 12.4. The van der Waals surface area contributed by atoms with E-state index >= 15 is 0 Å². The minimum Gasteiger partial charge on any atom is -0.433 e. The number of nitrogens with zero attached hydrogens (tertiary/aromatic N) is 2. The largest absolute Gasteiger partial charge is 0.433 e. The molecule has 0 bridgehead atoms. The van der Waals surface area contributed by atoms with E-state index in [4.69, 9.17) is 12.2 Å². The van der Waals surface area contributed by atoms with Crippen LogP contribution in [-0.4, -0.2) is 21.5 Å². The first-order valence-corrected chi connectivity index (χ1v) is 7.83. The summed E-state index contributed by atoms with van der Waals surface area (Å²) >= 11 is 8.59. The lowest BCUT2D eigenvalue weighted by Gasteiger charge is -2.15. The molecular formula is C14H15BrF2N4OS. The third kappa shape index (κ3) is 4.87. The van der Waals surface area contributed by atoms with Crippen LogP contribution in [0, 0.1) is 6.92 Å². The van der Waals surface area contributed by atoms with Gasteiger partial charge in [-0.1, -0.05) is 6.07 Å². The zero-order chi connectivity index (χ0) is 17.0. The molecule has 0 radical (unpaired) electrons. The normalized spacial score (nSPS) is 10.7.